The van der Waals surface area contributed by atoms with Gasteiger partial charge in [0.2, 0.25) is 5.95 Å². The number of carbonyl (C=O) groups is 1. The van der Waals surface area contributed by atoms with E-state index in [0.717, 1.165) is 35.1 Å². The van der Waals surface area contributed by atoms with E-state index in [1.807, 2.05) is 48.5 Å². The van der Waals surface area contributed by atoms with Gasteiger partial charge in [-0.1, -0.05) is 24.3 Å². The van der Waals surface area contributed by atoms with E-state index in [1.165, 1.54) is 30.7 Å². The summed E-state index contributed by atoms with van der Waals surface area (Å²) >= 11 is 0. The van der Waals surface area contributed by atoms with Gasteiger partial charge in [0.25, 0.3) is 5.91 Å². The molecule has 0 bridgehead atoms. The highest BCUT2D eigenvalue weighted by molar-refractivity contribution is 6.04. The SMILES string of the molecule is O=C(Nc1ccc(CNc2nc(NC3CCC3)nc3ccccc23)cc1)c1ccc(F)cc1. The van der Waals surface area contributed by atoms with Gasteiger partial charge in [0.15, 0.2) is 0 Å². The van der Waals surface area contributed by atoms with E-state index in [-0.39, 0.29) is 11.7 Å². The third-order valence-corrected chi connectivity index (χ3v) is 5.82. The molecule has 0 aliphatic heterocycles. The molecular weight excluding hydrogens is 417 g/mol. The van der Waals surface area contributed by atoms with Crippen LogP contribution in [0.2, 0.25) is 0 Å². The maximum atomic E-state index is 13.1. The zero-order valence-electron chi connectivity index (χ0n) is 18.0. The Hall–Kier alpha value is -4.00. The fraction of sp³-hybridized carbons (Fsp3) is 0.192. The molecule has 0 saturated heterocycles. The smallest absolute Gasteiger partial charge is 0.255 e. The van der Waals surface area contributed by atoms with E-state index in [1.54, 1.807) is 0 Å². The number of benzene rings is 3. The molecule has 3 N–H and O–H groups in total. The number of rotatable bonds is 7. The molecule has 0 radical (unpaired) electrons. The maximum absolute atomic E-state index is 13.1. The van der Waals surface area contributed by atoms with E-state index in [9.17, 15) is 9.18 Å². The Morgan fingerprint density at radius 2 is 1.70 bits per heavy atom. The van der Waals surface area contributed by atoms with Gasteiger partial charge < -0.3 is 16.0 Å². The van der Waals surface area contributed by atoms with E-state index < -0.39 is 0 Å². The summed E-state index contributed by atoms with van der Waals surface area (Å²) in [6, 6.07) is 21.5. The van der Waals surface area contributed by atoms with Crippen molar-refractivity contribution in [1.82, 2.24) is 9.97 Å². The number of hydrogen-bond acceptors (Lipinski definition) is 5. The molecule has 1 aliphatic rings. The standard InChI is InChI=1S/C26H24FN5O/c27-19-12-10-18(11-13-19)25(33)29-21-14-8-17(9-15-21)16-28-24-22-6-1-2-7-23(22)31-26(32-24)30-20-4-3-5-20/h1-2,6-15,20H,3-5,16H2,(H,29,33)(H2,28,30,31,32). The summed E-state index contributed by atoms with van der Waals surface area (Å²) in [5, 5.41) is 10.7. The van der Waals surface area contributed by atoms with E-state index in [2.05, 4.69) is 20.9 Å². The molecule has 3 aromatic carbocycles. The minimum absolute atomic E-state index is 0.278. The van der Waals surface area contributed by atoms with E-state index >= 15 is 0 Å². The topological polar surface area (TPSA) is 78.9 Å². The lowest BCUT2D eigenvalue weighted by Crippen LogP contribution is -2.28. The number of carbonyl (C=O) groups excluding carboxylic acids is 1. The van der Waals surface area contributed by atoms with Crippen LogP contribution < -0.4 is 16.0 Å². The summed E-state index contributed by atoms with van der Waals surface area (Å²) in [7, 11) is 0. The quantitative estimate of drug-likeness (QED) is 0.348. The van der Waals surface area contributed by atoms with Crippen molar-refractivity contribution >= 4 is 34.3 Å². The fourth-order valence-corrected chi connectivity index (χ4v) is 3.71. The molecule has 5 rings (SSSR count). The molecule has 1 heterocycles. The molecule has 4 aromatic rings. The molecule has 7 heteroatoms. The predicted octanol–water partition coefficient (Wildman–Crippen LogP) is 5.60. The van der Waals surface area contributed by atoms with Crippen molar-refractivity contribution in [1.29, 1.82) is 0 Å². The van der Waals surface area contributed by atoms with Gasteiger partial charge in [0.1, 0.15) is 11.6 Å². The van der Waals surface area contributed by atoms with Crippen molar-refractivity contribution in [3.63, 3.8) is 0 Å². The first kappa shape index (κ1) is 20.9. The van der Waals surface area contributed by atoms with Gasteiger partial charge in [0, 0.05) is 29.2 Å². The number of para-hydroxylation sites is 1. The molecule has 166 valence electrons. The Bertz CT molecular complexity index is 1270. The normalized spacial score (nSPS) is 13.4. The van der Waals surface area contributed by atoms with Crippen LogP contribution >= 0.6 is 0 Å². The molecule has 0 spiro atoms. The Balaban J connectivity index is 1.26. The van der Waals surface area contributed by atoms with Crippen LogP contribution in [0.3, 0.4) is 0 Å². The zero-order chi connectivity index (χ0) is 22.6. The highest BCUT2D eigenvalue weighted by atomic mass is 19.1. The Kier molecular flexibility index (Phi) is 5.85. The minimum atomic E-state index is -0.370. The van der Waals surface area contributed by atoms with Crippen LogP contribution in [0.1, 0.15) is 35.2 Å². The summed E-state index contributed by atoms with van der Waals surface area (Å²) in [6.45, 7) is 0.579. The molecule has 1 saturated carbocycles. The highest BCUT2D eigenvalue weighted by Gasteiger charge is 2.19. The monoisotopic (exact) mass is 441 g/mol. The largest absolute Gasteiger partial charge is 0.365 e. The maximum Gasteiger partial charge on any atom is 0.255 e. The molecular formula is C26H24FN5O. The van der Waals surface area contributed by atoms with E-state index in [0.29, 0.717) is 29.8 Å². The average Bonchev–Trinajstić information content (AvgIpc) is 2.81. The second-order valence-electron chi connectivity index (χ2n) is 8.20. The van der Waals surface area contributed by atoms with Crippen molar-refractivity contribution in [3.8, 4) is 0 Å². The van der Waals surface area contributed by atoms with Crippen LogP contribution in [-0.2, 0) is 6.54 Å². The second kappa shape index (κ2) is 9.24. The van der Waals surface area contributed by atoms with Crippen LogP contribution in [0.5, 0.6) is 0 Å². The van der Waals surface area contributed by atoms with Crippen molar-refractivity contribution < 1.29 is 9.18 Å². The molecule has 33 heavy (non-hydrogen) atoms. The molecule has 1 amide bonds. The van der Waals surface area contributed by atoms with Crippen molar-refractivity contribution in [2.75, 3.05) is 16.0 Å². The number of fused-ring (bicyclic) bond motifs is 1. The fourth-order valence-electron chi connectivity index (χ4n) is 3.71. The number of halogens is 1. The van der Waals surface area contributed by atoms with Gasteiger partial charge in [-0.3, -0.25) is 4.79 Å². The number of nitrogens with zero attached hydrogens (tertiary/aromatic N) is 2. The van der Waals surface area contributed by atoms with Gasteiger partial charge in [-0.15, -0.1) is 0 Å². The third-order valence-electron chi connectivity index (χ3n) is 5.82. The van der Waals surface area contributed by atoms with Crippen molar-refractivity contribution in [2.45, 2.75) is 31.8 Å². The van der Waals surface area contributed by atoms with Crippen LogP contribution in [0.25, 0.3) is 10.9 Å². The number of anilines is 3. The molecule has 0 unspecified atom stereocenters. The number of amides is 1. The molecule has 1 aliphatic carbocycles. The van der Waals surface area contributed by atoms with E-state index in [4.69, 9.17) is 4.98 Å². The molecule has 0 atom stereocenters. The summed E-state index contributed by atoms with van der Waals surface area (Å²) in [5.74, 6) is 0.793. The average molecular weight is 442 g/mol. The molecule has 1 fully saturated rings. The first-order valence-corrected chi connectivity index (χ1v) is 11.1. The predicted molar refractivity (Wildman–Crippen MR) is 129 cm³/mol. The first-order chi connectivity index (χ1) is 16.1. The van der Waals surface area contributed by atoms with Crippen LogP contribution in [-0.4, -0.2) is 21.9 Å². The lowest BCUT2D eigenvalue weighted by atomic mass is 9.93. The molecule has 6 nitrogen and oxygen atoms in total. The van der Waals surface area contributed by atoms with Crippen LogP contribution in [0.4, 0.5) is 21.8 Å². The van der Waals surface area contributed by atoms with Crippen molar-refractivity contribution in [3.05, 3.63) is 89.7 Å². The first-order valence-electron chi connectivity index (χ1n) is 11.1. The number of nitrogens with one attached hydrogen (secondary N) is 3. The number of hydrogen-bond donors (Lipinski definition) is 3. The Morgan fingerprint density at radius 1 is 0.939 bits per heavy atom. The molecule has 1 aromatic heterocycles. The summed E-state index contributed by atoms with van der Waals surface area (Å²) in [6.07, 6.45) is 3.56. The third kappa shape index (κ3) is 4.92. The second-order valence-corrected chi connectivity index (χ2v) is 8.20. The van der Waals surface area contributed by atoms with Gasteiger partial charge in [-0.2, -0.15) is 4.98 Å². The minimum Gasteiger partial charge on any atom is -0.365 e. The zero-order valence-corrected chi connectivity index (χ0v) is 18.0. The van der Waals surface area contributed by atoms with Crippen LogP contribution in [0.15, 0.2) is 72.8 Å². The summed E-state index contributed by atoms with van der Waals surface area (Å²) in [5.41, 5.74) is 3.03. The lowest BCUT2D eigenvalue weighted by molar-refractivity contribution is 0.102. The summed E-state index contributed by atoms with van der Waals surface area (Å²) in [4.78, 5) is 21.7. The van der Waals surface area contributed by atoms with Gasteiger partial charge in [0.05, 0.1) is 5.52 Å². The Morgan fingerprint density at radius 3 is 2.42 bits per heavy atom. The highest BCUT2D eigenvalue weighted by Crippen LogP contribution is 2.26. The van der Waals surface area contributed by atoms with Gasteiger partial charge in [-0.25, -0.2) is 9.37 Å². The lowest BCUT2D eigenvalue weighted by Gasteiger charge is -2.26. The van der Waals surface area contributed by atoms with Crippen LogP contribution in [0, 0.1) is 5.82 Å². The Labute approximate surface area is 191 Å². The van der Waals surface area contributed by atoms with Gasteiger partial charge in [-0.05, 0) is 73.4 Å². The van der Waals surface area contributed by atoms with Gasteiger partial charge >= 0.3 is 0 Å². The number of aromatic nitrogens is 2. The summed E-state index contributed by atoms with van der Waals surface area (Å²) < 4.78 is 13.1. The van der Waals surface area contributed by atoms with Crippen molar-refractivity contribution in [2.24, 2.45) is 0 Å².